The summed E-state index contributed by atoms with van der Waals surface area (Å²) in [4.78, 5) is 23.1. The van der Waals surface area contributed by atoms with Crippen molar-refractivity contribution < 1.29 is 14.7 Å². The predicted octanol–water partition coefficient (Wildman–Crippen LogP) is 1.90. The molecule has 0 aliphatic carbocycles. The summed E-state index contributed by atoms with van der Waals surface area (Å²) >= 11 is 6.05. The lowest BCUT2D eigenvalue weighted by molar-refractivity contribution is -0.139. The summed E-state index contributed by atoms with van der Waals surface area (Å²) in [6.45, 7) is 1.84. The Morgan fingerprint density at radius 3 is 2.77 bits per heavy atom. The fourth-order valence-corrected chi connectivity index (χ4v) is 2.12. The van der Waals surface area contributed by atoms with Gasteiger partial charge in [-0.2, -0.15) is 0 Å². The molecular weight excluding hydrogens is 308 g/mol. The van der Waals surface area contributed by atoms with E-state index in [1.165, 1.54) is 10.9 Å². The van der Waals surface area contributed by atoms with Crippen molar-refractivity contribution in [3.05, 3.63) is 41.2 Å². The van der Waals surface area contributed by atoms with Crippen molar-refractivity contribution in [1.29, 1.82) is 0 Å². The number of carbonyl (C=O) groups is 2. The molecule has 0 spiro atoms. The van der Waals surface area contributed by atoms with Gasteiger partial charge in [-0.3, -0.25) is 4.79 Å². The van der Waals surface area contributed by atoms with Gasteiger partial charge in [0.2, 0.25) is 0 Å². The lowest BCUT2D eigenvalue weighted by Gasteiger charge is -2.11. The molecule has 0 bridgehead atoms. The van der Waals surface area contributed by atoms with Gasteiger partial charge in [-0.1, -0.05) is 42.3 Å². The van der Waals surface area contributed by atoms with Gasteiger partial charge in [0.25, 0.3) is 5.91 Å². The molecule has 8 heteroatoms. The van der Waals surface area contributed by atoms with Crippen LogP contribution in [0.3, 0.4) is 0 Å². The first-order chi connectivity index (χ1) is 10.5. The molecule has 1 amide bonds. The summed E-state index contributed by atoms with van der Waals surface area (Å²) in [6, 6.07) is 6.04. The summed E-state index contributed by atoms with van der Waals surface area (Å²) in [5.41, 5.74) is 0.612. The normalized spacial score (nSPS) is 11.9. The number of hydrogen-bond donors (Lipinski definition) is 2. The molecule has 0 saturated carbocycles. The molecule has 0 aliphatic heterocycles. The summed E-state index contributed by atoms with van der Waals surface area (Å²) in [7, 11) is 0. The van der Waals surface area contributed by atoms with Crippen LogP contribution in [0.2, 0.25) is 5.02 Å². The minimum atomic E-state index is -1.08. The summed E-state index contributed by atoms with van der Waals surface area (Å²) in [6.07, 6.45) is 2.39. The molecule has 0 saturated heterocycles. The summed E-state index contributed by atoms with van der Waals surface area (Å²) in [5.74, 6) is -1.66. The molecule has 2 rings (SSSR count). The van der Waals surface area contributed by atoms with Gasteiger partial charge >= 0.3 is 5.97 Å². The van der Waals surface area contributed by atoms with Crippen molar-refractivity contribution >= 4 is 23.5 Å². The highest BCUT2D eigenvalue weighted by Gasteiger charge is 2.21. The highest BCUT2D eigenvalue weighted by atomic mass is 35.5. The van der Waals surface area contributed by atoms with E-state index in [4.69, 9.17) is 16.7 Å². The zero-order chi connectivity index (χ0) is 16.1. The van der Waals surface area contributed by atoms with Crippen molar-refractivity contribution in [2.75, 3.05) is 0 Å². The molecule has 1 heterocycles. The van der Waals surface area contributed by atoms with E-state index in [1.807, 2.05) is 6.92 Å². The Morgan fingerprint density at radius 2 is 2.14 bits per heavy atom. The molecule has 1 aromatic heterocycles. The van der Waals surface area contributed by atoms with Crippen LogP contribution < -0.4 is 5.32 Å². The molecule has 116 valence electrons. The average molecular weight is 323 g/mol. The highest BCUT2D eigenvalue weighted by molar-refractivity contribution is 6.32. The molecule has 1 atom stereocenters. The zero-order valence-corrected chi connectivity index (χ0v) is 12.6. The third-order valence-electron chi connectivity index (χ3n) is 3.01. The third-order valence-corrected chi connectivity index (χ3v) is 3.33. The molecule has 1 aromatic carbocycles. The van der Waals surface area contributed by atoms with E-state index in [1.54, 1.807) is 24.3 Å². The van der Waals surface area contributed by atoms with Gasteiger partial charge in [0, 0.05) is 0 Å². The van der Waals surface area contributed by atoms with Gasteiger partial charge in [0.1, 0.15) is 6.04 Å². The van der Waals surface area contributed by atoms with Crippen molar-refractivity contribution in [2.24, 2.45) is 0 Å². The number of nitrogens with zero attached hydrogens (tertiary/aromatic N) is 3. The number of hydrogen-bond acceptors (Lipinski definition) is 4. The van der Waals surface area contributed by atoms with E-state index in [9.17, 15) is 9.59 Å². The molecule has 0 radical (unpaired) electrons. The van der Waals surface area contributed by atoms with Gasteiger partial charge in [-0.15, -0.1) is 5.10 Å². The van der Waals surface area contributed by atoms with E-state index >= 15 is 0 Å². The minimum Gasteiger partial charge on any atom is -0.480 e. The standard InChI is InChI=1S/C14H15ClN4O3/c1-2-5-10(14(21)22)16-13(20)11-8-19(18-17-11)12-7-4-3-6-9(12)15/h3-4,6-8,10H,2,5H2,1H3,(H,16,20)(H,21,22). The Bertz CT molecular complexity index is 686. The number of aromatic nitrogens is 3. The van der Waals surface area contributed by atoms with Crippen LogP contribution >= 0.6 is 11.6 Å². The molecule has 0 fully saturated rings. The van der Waals surface area contributed by atoms with Gasteiger partial charge in [0.15, 0.2) is 5.69 Å². The average Bonchev–Trinajstić information content (AvgIpc) is 2.96. The molecule has 1 unspecified atom stereocenters. The maximum absolute atomic E-state index is 12.0. The van der Waals surface area contributed by atoms with Crippen molar-refractivity contribution in [3.8, 4) is 5.69 Å². The van der Waals surface area contributed by atoms with E-state index in [0.29, 0.717) is 23.6 Å². The number of rotatable bonds is 6. The number of para-hydroxylation sites is 1. The molecular formula is C14H15ClN4O3. The van der Waals surface area contributed by atoms with Crippen LogP contribution in [0.25, 0.3) is 5.69 Å². The van der Waals surface area contributed by atoms with Crippen molar-refractivity contribution in [3.63, 3.8) is 0 Å². The van der Waals surface area contributed by atoms with Crippen LogP contribution in [0.1, 0.15) is 30.3 Å². The zero-order valence-electron chi connectivity index (χ0n) is 11.9. The predicted molar refractivity (Wildman–Crippen MR) is 80.2 cm³/mol. The van der Waals surface area contributed by atoms with Crippen LogP contribution in [-0.2, 0) is 4.79 Å². The largest absolute Gasteiger partial charge is 0.480 e. The molecule has 22 heavy (non-hydrogen) atoms. The quantitative estimate of drug-likeness (QED) is 0.846. The molecule has 2 aromatic rings. The molecule has 7 nitrogen and oxygen atoms in total. The molecule has 2 N–H and O–H groups in total. The second-order valence-electron chi connectivity index (χ2n) is 4.65. The second kappa shape index (κ2) is 7.04. The fourth-order valence-electron chi connectivity index (χ4n) is 1.90. The minimum absolute atomic E-state index is 0.0299. The Morgan fingerprint density at radius 1 is 1.41 bits per heavy atom. The monoisotopic (exact) mass is 322 g/mol. The first-order valence-corrected chi connectivity index (χ1v) is 7.11. The first kappa shape index (κ1) is 16.0. The lowest BCUT2D eigenvalue weighted by Crippen LogP contribution is -2.40. The van der Waals surface area contributed by atoms with Gasteiger partial charge in [0.05, 0.1) is 16.9 Å². The number of amides is 1. The number of halogens is 1. The third kappa shape index (κ3) is 3.62. The van der Waals surface area contributed by atoms with Crippen LogP contribution in [0.15, 0.2) is 30.5 Å². The molecule has 0 aliphatic rings. The highest BCUT2D eigenvalue weighted by Crippen LogP contribution is 2.18. The SMILES string of the molecule is CCCC(NC(=O)c1cn(-c2ccccc2Cl)nn1)C(=O)O. The fraction of sp³-hybridized carbons (Fsp3) is 0.286. The van der Waals surface area contributed by atoms with Crippen LogP contribution in [0, 0.1) is 0 Å². The van der Waals surface area contributed by atoms with Crippen LogP contribution in [-0.4, -0.2) is 38.0 Å². The smallest absolute Gasteiger partial charge is 0.326 e. The number of carboxylic acid groups (broad SMARTS) is 1. The van der Waals surface area contributed by atoms with E-state index in [-0.39, 0.29) is 5.69 Å². The Labute approximate surface area is 131 Å². The van der Waals surface area contributed by atoms with Crippen molar-refractivity contribution in [2.45, 2.75) is 25.8 Å². The van der Waals surface area contributed by atoms with E-state index in [2.05, 4.69) is 15.6 Å². The van der Waals surface area contributed by atoms with Crippen molar-refractivity contribution in [1.82, 2.24) is 20.3 Å². The van der Waals surface area contributed by atoms with Crippen LogP contribution in [0.5, 0.6) is 0 Å². The summed E-state index contributed by atoms with van der Waals surface area (Å²) < 4.78 is 1.37. The first-order valence-electron chi connectivity index (χ1n) is 6.73. The summed E-state index contributed by atoms with van der Waals surface area (Å²) in [5, 5.41) is 19.5. The lowest BCUT2D eigenvalue weighted by atomic mass is 10.1. The van der Waals surface area contributed by atoms with Gasteiger partial charge < -0.3 is 10.4 Å². The maximum Gasteiger partial charge on any atom is 0.326 e. The number of carboxylic acids is 1. The van der Waals surface area contributed by atoms with Gasteiger partial charge in [-0.25, -0.2) is 9.48 Å². The Balaban J connectivity index is 2.16. The van der Waals surface area contributed by atoms with E-state index < -0.39 is 17.9 Å². The topological polar surface area (TPSA) is 97.1 Å². The maximum atomic E-state index is 12.0. The Kier molecular flexibility index (Phi) is 5.11. The Hall–Kier alpha value is -2.41. The number of carbonyl (C=O) groups excluding carboxylic acids is 1. The van der Waals surface area contributed by atoms with Gasteiger partial charge in [-0.05, 0) is 18.6 Å². The second-order valence-corrected chi connectivity index (χ2v) is 5.06. The number of benzene rings is 1. The number of aliphatic carboxylic acids is 1. The number of nitrogens with one attached hydrogen (secondary N) is 1. The van der Waals surface area contributed by atoms with Crippen LogP contribution in [0.4, 0.5) is 0 Å². The van der Waals surface area contributed by atoms with E-state index in [0.717, 1.165) is 0 Å².